The van der Waals surface area contributed by atoms with Crippen molar-refractivity contribution in [3.05, 3.63) is 20.8 Å². The van der Waals surface area contributed by atoms with Gasteiger partial charge in [-0.3, -0.25) is 0 Å². The third-order valence-corrected chi connectivity index (χ3v) is 4.24. The normalized spacial score (nSPS) is 12.9. The minimum Gasteiger partial charge on any atom is -0.389 e. The van der Waals surface area contributed by atoms with Crippen LogP contribution >= 0.6 is 27.3 Å². The summed E-state index contributed by atoms with van der Waals surface area (Å²) in [5.41, 5.74) is 0. The summed E-state index contributed by atoms with van der Waals surface area (Å²) < 4.78 is 6.48. The zero-order chi connectivity index (χ0) is 12.5. The first kappa shape index (κ1) is 15.1. The van der Waals surface area contributed by atoms with E-state index in [1.807, 2.05) is 11.4 Å². The average molecular weight is 322 g/mol. The van der Waals surface area contributed by atoms with Crippen molar-refractivity contribution in [3.63, 3.8) is 0 Å². The Morgan fingerprint density at radius 3 is 3.06 bits per heavy atom. The Morgan fingerprint density at radius 1 is 1.59 bits per heavy atom. The second-order valence-electron chi connectivity index (χ2n) is 3.90. The molecule has 0 aromatic carbocycles. The topological polar surface area (TPSA) is 41.5 Å². The highest BCUT2D eigenvalue weighted by molar-refractivity contribution is 9.10. The van der Waals surface area contributed by atoms with Gasteiger partial charge in [-0.2, -0.15) is 0 Å². The van der Waals surface area contributed by atoms with Gasteiger partial charge in [0.15, 0.2) is 0 Å². The number of hydrogen-bond donors (Lipinski definition) is 2. The van der Waals surface area contributed by atoms with Crippen LogP contribution in [0.15, 0.2) is 15.9 Å². The number of nitrogens with one attached hydrogen (secondary N) is 1. The van der Waals surface area contributed by atoms with Crippen LogP contribution in [-0.2, 0) is 11.3 Å². The molecule has 1 unspecified atom stereocenters. The summed E-state index contributed by atoms with van der Waals surface area (Å²) in [6.45, 7) is 4.63. The highest BCUT2D eigenvalue weighted by Crippen LogP contribution is 2.21. The van der Waals surface area contributed by atoms with Crippen LogP contribution in [0, 0.1) is 0 Å². The Bertz CT molecular complexity index is 306. The van der Waals surface area contributed by atoms with E-state index in [4.69, 9.17) is 4.74 Å². The smallest absolute Gasteiger partial charge is 0.0897 e. The molecule has 0 bridgehead atoms. The first-order chi connectivity index (χ1) is 8.24. The molecule has 0 amide bonds. The molecule has 5 heteroatoms. The van der Waals surface area contributed by atoms with Crippen LogP contribution in [0.4, 0.5) is 0 Å². The lowest BCUT2D eigenvalue weighted by atomic mass is 10.3. The lowest BCUT2D eigenvalue weighted by Gasteiger charge is -2.11. The minimum atomic E-state index is -0.425. The lowest BCUT2D eigenvalue weighted by Crippen LogP contribution is -2.30. The summed E-state index contributed by atoms with van der Waals surface area (Å²) in [6, 6.07) is 2.03. The number of aliphatic hydroxyl groups is 1. The van der Waals surface area contributed by atoms with E-state index in [2.05, 4.69) is 28.2 Å². The monoisotopic (exact) mass is 321 g/mol. The second-order valence-corrected chi connectivity index (χ2v) is 5.76. The maximum atomic E-state index is 9.65. The molecular formula is C12H20BrNO2S. The molecule has 0 fully saturated rings. The van der Waals surface area contributed by atoms with Crippen LogP contribution in [0.25, 0.3) is 0 Å². The van der Waals surface area contributed by atoms with Crippen molar-refractivity contribution in [1.82, 2.24) is 5.32 Å². The van der Waals surface area contributed by atoms with Crippen LogP contribution < -0.4 is 5.32 Å². The van der Waals surface area contributed by atoms with E-state index in [0.29, 0.717) is 13.2 Å². The number of hydrogen-bond acceptors (Lipinski definition) is 4. The van der Waals surface area contributed by atoms with Gasteiger partial charge in [-0.25, -0.2) is 0 Å². The summed E-state index contributed by atoms with van der Waals surface area (Å²) in [6.07, 6.45) is 1.76. The van der Waals surface area contributed by atoms with Gasteiger partial charge < -0.3 is 15.2 Å². The van der Waals surface area contributed by atoms with Gasteiger partial charge in [-0.1, -0.05) is 13.3 Å². The van der Waals surface area contributed by atoms with E-state index in [1.54, 1.807) is 11.3 Å². The van der Waals surface area contributed by atoms with E-state index in [9.17, 15) is 5.11 Å². The van der Waals surface area contributed by atoms with Gasteiger partial charge in [0.05, 0.1) is 12.7 Å². The molecule has 0 radical (unpaired) electrons. The predicted molar refractivity (Wildman–Crippen MR) is 75.5 cm³/mol. The molecule has 1 atom stereocenters. The van der Waals surface area contributed by atoms with E-state index in [1.165, 1.54) is 4.88 Å². The van der Waals surface area contributed by atoms with Gasteiger partial charge in [-0.15, -0.1) is 11.3 Å². The van der Waals surface area contributed by atoms with Gasteiger partial charge >= 0.3 is 0 Å². The van der Waals surface area contributed by atoms with Crippen LogP contribution in [0.1, 0.15) is 24.6 Å². The van der Waals surface area contributed by atoms with Gasteiger partial charge in [-0.05, 0) is 33.8 Å². The molecule has 1 aromatic heterocycles. The molecule has 1 rings (SSSR count). The second kappa shape index (κ2) is 9.05. The molecular weight excluding hydrogens is 302 g/mol. The summed E-state index contributed by atoms with van der Waals surface area (Å²) in [5, 5.41) is 14.9. The molecule has 0 aliphatic heterocycles. The van der Waals surface area contributed by atoms with Crippen LogP contribution in [0.2, 0.25) is 0 Å². The summed E-state index contributed by atoms with van der Waals surface area (Å²) in [5.74, 6) is 0. The van der Waals surface area contributed by atoms with E-state index in [-0.39, 0.29) is 0 Å². The van der Waals surface area contributed by atoms with E-state index >= 15 is 0 Å². The zero-order valence-electron chi connectivity index (χ0n) is 10.1. The van der Waals surface area contributed by atoms with Gasteiger partial charge in [0.25, 0.3) is 0 Å². The SMILES string of the molecule is CCCCOCC(O)CNCc1sccc1Br. The number of unbranched alkanes of at least 4 members (excludes halogenated alkanes) is 1. The average Bonchev–Trinajstić information content (AvgIpc) is 2.71. The molecule has 0 aliphatic rings. The van der Waals surface area contributed by atoms with Crippen LogP contribution in [0.3, 0.4) is 0 Å². The number of ether oxygens (including phenoxy) is 1. The third-order valence-electron chi connectivity index (χ3n) is 2.31. The largest absolute Gasteiger partial charge is 0.389 e. The minimum absolute atomic E-state index is 0.415. The predicted octanol–water partition coefficient (Wildman–Crippen LogP) is 2.78. The first-order valence-electron chi connectivity index (χ1n) is 5.92. The fraction of sp³-hybridized carbons (Fsp3) is 0.667. The Kier molecular flexibility index (Phi) is 8.05. The molecule has 98 valence electrons. The number of rotatable bonds is 9. The summed E-state index contributed by atoms with van der Waals surface area (Å²) in [7, 11) is 0. The Balaban J connectivity index is 2.04. The molecule has 1 heterocycles. The first-order valence-corrected chi connectivity index (χ1v) is 7.59. The standard InChI is InChI=1S/C12H20BrNO2S/c1-2-3-5-16-9-10(15)7-14-8-12-11(13)4-6-17-12/h4,6,10,14-15H,2-3,5,7-9H2,1H3. The molecule has 0 spiro atoms. The van der Waals surface area contributed by atoms with Crippen molar-refractivity contribution in [2.24, 2.45) is 0 Å². The van der Waals surface area contributed by atoms with Gasteiger partial charge in [0.2, 0.25) is 0 Å². The fourth-order valence-corrected chi connectivity index (χ4v) is 2.79. The van der Waals surface area contributed by atoms with Crippen LogP contribution in [0.5, 0.6) is 0 Å². The molecule has 3 nitrogen and oxygen atoms in total. The molecule has 0 saturated heterocycles. The summed E-state index contributed by atoms with van der Waals surface area (Å²) in [4.78, 5) is 1.25. The Hall–Kier alpha value is 0.0600. The van der Waals surface area contributed by atoms with Crippen molar-refractivity contribution >= 4 is 27.3 Å². The molecule has 17 heavy (non-hydrogen) atoms. The van der Waals surface area contributed by atoms with Crippen molar-refractivity contribution < 1.29 is 9.84 Å². The maximum Gasteiger partial charge on any atom is 0.0897 e. The van der Waals surface area contributed by atoms with Gasteiger partial charge in [0.1, 0.15) is 0 Å². The highest BCUT2D eigenvalue weighted by Gasteiger charge is 2.05. The van der Waals surface area contributed by atoms with E-state index in [0.717, 1.165) is 30.5 Å². The van der Waals surface area contributed by atoms with Crippen molar-refractivity contribution in [2.75, 3.05) is 19.8 Å². The third kappa shape index (κ3) is 6.52. The number of aliphatic hydroxyl groups excluding tert-OH is 1. The van der Waals surface area contributed by atoms with E-state index < -0.39 is 6.10 Å². The molecule has 0 aliphatic carbocycles. The van der Waals surface area contributed by atoms with Crippen molar-refractivity contribution in [1.29, 1.82) is 0 Å². The molecule has 0 saturated carbocycles. The quantitative estimate of drug-likeness (QED) is 0.687. The maximum absolute atomic E-state index is 9.65. The highest BCUT2D eigenvalue weighted by atomic mass is 79.9. The molecule has 1 aromatic rings. The van der Waals surface area contributed by atoms with Crippen molar-refractivity contribution in [2.45, 2.75) is 32.4 Å². The van der Waals surface area contributed by atoms with Gasteiger partial charge in [0, 0.05) is 29.0 Å². The lowest BCUT2D eigenvalue weighted by molar-refractivity contribution is 0.0358. The molecule has 2 N–H and O–H groups in total. The van der Waals surface area contributed by atoms with Crippen molar-refractivity contribution in [3.8, 4) is 0 Å². The fourth-order valence-electron chi connectivity index (χ4n) is 1.33. The number of thiophene rings is 1. The Labute approximate surface area is 115 Å². The van der Waals surface area contributed by atoms with Crippen LogP contribution in [-0.4, -0.2) is 31.0 Å². The Morgan fingerprint density at radius 2 is 2.41 bits per heavy atom. The zero-order valence-corrected chi connectivity index (χ0v) is 12.5. The summed E-state index contributed by atoms with van der Waals surface area (Å²) >= 11 is 5.18. The number of halogens is 1.